The van der Waals surface area contributed by atoms with Crippen molar-refractivity contribution in [2.24, 2.45) is 4.99 Å². The average Bonchev–Trinajstić information content (AvgIpc) is 2.80. The highest BCUT2D eigenvalue weighted by Gasteiger charge is 1.97. The van der Waals surface area contributed by atoms with E-state index in [0.717, 1.165) is 16.5 Å². The smallest absolute Gasteiger partial charge is 0.197 e. The largest absolute Gasteiger partial charge is 0.484 e. The fourth-order valence-corrected chi connectivity index (χ4v) is 2.52. The maximum atomic E-state index is 8.47. The molecule has 0 radical (unpaired) electrons. The van der Waals surface area contributed by atoms with Gasteiger partial charge in [-0.25, -0.2) is 4.98 Å². The maximum absolute atomic E-state index is 8.47. The van der Waals surface area contributed by atoms with Gasteiger partial charge in [0.2, 0.25) is 0 Å². The molecule has 16 heavy (non-hydrogen) atoms. The molecule has 0 aliphatic rings. The highest BCUT2D eigenvalue weighted by atomic mass is 32.2. The lowest BCUT2D eigenvalue weighted by atomic mass is 10.5. The Morgan fingerprint density at radius 1 is 1.75 bits per heavy atom. The van der Waals surface area contributed by atoms with Gasteiger partial charge in [-0.2, -0.15) is 17.0 Å². The molecule has 4 nitrogen and oxygen atoms in total. The van der Waals surface area contributed by atoms with E-state index < -0.39 is 0 Å². The Balaban J connectivity index is 2.13. The van der Waals surface area contributed by atoms with Gasteiger partial charge in [0.05, 0.1) is 19.7 Å². The molecule has 86 valence electrons. The molecule has 0 spiro atoms. The number of ether oxygens (including phenoxy) is 1. The number of methoxy groups -OCH3 is 1. The van der Waals surface area contributed by atoms with Crippen molar-refractivity contribution in [1.29, 1.82) is 5.26 Å². The average molecular weight is 255 g/mol. The molecular formula is C10H13N3OS2. The third-order valence-corrected chi connectivity index (χ3v) is 3.61. The highest BCUT2D eigenvalue weighted by Crippen LogP contribution is 2.13. The summed E-state index contributed by atoms with van der Waals surface area (Å²) in [6, 6.07) is 2.01. The first-order valence-electron chi connectivity index (χ1n) is 4.77. The number of nitriles is 1. The molecule has 0 fully saturated rings. The zero-order chi connectivity index (χ0) is 11.6. The summed E-state index contributed by atoms with van der Waals surface area (Å²) in [5.41, 5.74) is 0. The van der Waals surface area contributed by atoms with Gasteiger partial charge in [-0.3, -0.25) is 4.99 Å². The fraction of sp³-hybridized carbons (Fsp3) is 0.500. The van der Waals surface area contributed by atoms with E-state index in [2.05, 4.69) is 9.98 Å². The lowest BCUT2D eigenvalue weighted by molar-refractivity contribution is 0.393. The van der Waals surface area contributed by atoms with Crippen molar-refractivity contribution < 1.29 is 4.74 Å². The van der Waals surface area contributed by atoms with Crippen molar-refractivity contribution in [2.75, 3.05) is 19.4 Å². The van der Waals surface area contributed by atoms with E-state index in [1.54, 1.807) is 30.2 Å². The Morgan fingerprint density at radius 3 is 3.25 bits per heavy atom. The van der Waals surface area contributed by atoms with E-state index in [4.69, 9.17) is 10.00 Å². The zero-order valence-electron chi connectivity index (χ0n) is 9.05. The second-order valence-corrected chi connectivity index (χ2v) is 4.88. The Kier molecular flexibility index (Phi) is 6.61. The summed E-state index contributed by atoms with van der Waals surface area (Å²) in [5, 5.41) is 11.6. The molecule has 1 heterocycles. The zero-order valence-corrected chi connectivity index (χ0v) is 10.7. The second-order valence-electron chi connectivity index (χ2n) is 2.79. The molecule has 0 saturated heterocycles. The van der Waals surface area contributed by atoms with Crippen LogP contribution in [0, 0.1) is 11.3 Å². The molecule has 0 unspecified atom stereocenters. The summed E-state index contributed by atoms with van der Waals surface area (Å²) in [6.45, 7) is 0.681. The molecule has 0 bridgehead atoms. The lowest BCUT2D eigenvalue weighted by Crippen LogP contribution is -2.02. The molecule has 6 heteroatoms. The normalized spacial score (nSPS) is 11.1. The molecule has 0 aromatic carbocycles. The predicted octanol–water partition coefficient (Wildman–Crippen LogP) is 2.33. The van der Waals surface area contributed by atoms with Crippen LogP contribution in [0.4, 0.5) is 0 Å². The number of thioether (sulfide) groups is 1. The molecule has 0 saturated carbocycles. The predicted molar refractivity (Wildman–Crippen MR) is 67.8 cm³/mol. The SMILES string of the molecule is COC(CC#N)=NCCSCc1nccs1. The van der Waals surface area contributed by atoms with Gasteiger partial charge in [-0.1, -0.05) is 0 Å². The monoisotopic (exact) mass is 255 g/mol. The summed E-state index contributed by atoms with van der Waals surface area (Å²) in [6.07, 6.45) is 2.06. The van der Waals surface area contributed by atoms with Crippen LogP contribution >= 0.6 is 23.1 Å². The van der Waals surface area contributed by atoms with Gasteiger partial charge in [0, 0.05) is 23.1 Å². The second kappa shape index (κ2) is 8.13. The molecule has 1 rings (SSSR count). The Bertz CT molecular complexity index is 357. The lowest BCUT2D eigenvalue weighted by Gasteiger charge is -2.00. The molecule has 0 aliphatic heterocycles. The molecule has 0 amide bonds. The number of aliphatic imine (C=N–C) groups is 1. The number of thiazole rings is 1. The van der Waals surface area contributed by atoms with Crippen LogP contribution in [-0.4, -0.2) is 30.3 Å². The van der Waals surface area contributed by atoms with Crippen LogP contribution in [0.15, 0.2) is 16.6 Å². The van der Waals surface area contributed by atoms with E-state index >= 15 is 0 Å². The van der Waals surface area contributed by atoms with Gasteiger partial charge >= 0.3 is 0 Å². The van der Waals surface area contributed by atoms with Gasteiger partial charge in [0.1, 0.15) is 11.4 Å². The quantitative estimate of drug-likeness (QED) is 0.445. The van der Waals surface area contributed by atoms with Crippen molar-refractivity contribution in [1.82, 2.24) is 4.98 Å². The number of hydrogen-bond donors (Lipinski definition) is 0. The van der Waals surface area contributed by atoms with E-state index in [1.807, 2.05) is 17.6 Å². The van der Waals surface area contributed by atoms with Crippen LogP contribution in [-0.2, 0) is 10.5 Å². The van der Waals surface area contributed by atoms with Crippen LogP contribution in [0.3, 0.4) is 0 Å². The number of hydrogen-bond acceptors (Lipinski definition) is 6. The number of nitrogens with zero attached hydrogens (tertiary/aromatic N) is 3. The Labute approximate surface area is 103 Å². The van der Waals surface area contributed by atoms with E-state index in [-0.39, 0.29) is 6.42 Å². The van der Waals surface area contributed by atoms with Gasteiger partial charge in [0.15, 0.2) is 5.90 Å². The molecule has 0 N–H and O–H groups in total. The fourth-order valence-electron chi connectivity index (χ4n) is 0.979. The first-order chi connectivity index (χ1) is 7.86. The van der Waals surface area contributed by atoms with Crippen molar-refractivity contribution in [3.05, 3.63) is 16.6 Å². The van der Waals surface area contributed by atoms with Crippen LogP contribution in [0.1, 0.15) is 11.4 Å². The minimum Gasteiger partial charge on any atom is -0.484 e. The molecule has 1 aromatic heterocycles. The third kappa shape index (κ3) is 5.14. The van der Waals surface area contributed by atoms with Gasteiger partial charge in [0.25, 0.3) is 0 Å². The summed E-state index contributed by atoms with van der Waals surface area (Å²) >= 11 is 3.45. The van der Waals surface area contributed by atoms with Crippen molar-refractivity contribution in [3.8, 4) is 6.07 Å². The highest BCUT2D eigenvalue weighted by molar-refractivity contribution is 7.98. The molecular weight excluding hydrogens is 242 g/mol. The van der Waals surface area contributed by atoms with Crippen LogP contribution in [0.2, 0.25) is 0 Å². The van der Waals surface area contributed by atoms with E-state index in [0.29, 0.717) is 12.4 Å². The van der Waals surface area contributed by atoms with E-state index in [9.17, 15) is 0 Å². The summed E-state index contributed by atoms with van der Waals surface area (Å²) < 4.78 is 4.95. The molecule has 1 aromatic rings. The summed E-state index contributed by atoms with van der Waals surface area (Å²) in [4.78, 5) is 8.37. The Hall–Kier alpha value is -1.06. The van der Waals surface area contributed by atoms with Crippen molar-refractivity contribution in [3.63, 3.8) is 0 Å². The standard InChI is InChI=1S/C10H13N3OS2/c1-14-9(2-3-11)12-4-6-15-8-10-13-5-7-16-10/h5,7H,2,4,6,8H2,1H3. The number of rotatable bonds is 6. The topological polar surface area (TPSA) is 58.3 Å². The van der Waals surface area contributed by atoms with Crippen LogP contribution in [0.25, 0.3) is 0 Å². The third-order valence-electron chi connectivity index (χ3n) is 1.70. The van der Waals surface area contributed by atoms with Crippen molar-refractivity contribution >= 4 is 29.0 Å². The van der Waals surface area contributed by atoms with Crippen LogP contribution in [0.5, 0.6) is 0 Å². The Morgan fingerprint density at radius 2 is 2.62 bits per heavy atom. The van der Waals surface area contributed by atoms with Gasteiger partial charge in [-0.15, -0.1) is 11.3 Å². The van der Waals surface area contributed by atoms with E-state index in [1.165, 1.54) is 0 Å². The summed E-state index contributed by atoms with van der Waals surface area (Å²) in [5.74, 6) is 2.35. The number of aromatic nitrogens is 1. The molecule has 0 atom stereocenters. The van der Waals surface area contributed by atoms with Crippen molar-refractivity contribution in [2.45, 2.75) is 12.2 Å². The van der Waals surface area contributed by atoms with Gasteiger partial charge < -0.3 is 4.74 Å². The molecule has 0 aliphatic carbocycles. The maximum Gasteiger partial charge on any atom is 0.197 e. The minimum atomic E-state index is 0.244. The van der Waals surface area contributed by atoms with Crippen LogP contribution < -0.4 is 0 Å². The minimum absolute atomic E-state index is 0.244. The summed E-state index contributed by atoms with van der Waals surface area (Å²) in [7, 11) is 1.54. The first kappa shape index (κ1) is 13.0. The first-order valence-corrected chi connectivity index (χ1v) is 6.80. The van der Waals surface area contributed by atoms with Gasteiger partial charge in [-0.05, 0) is 0 Å².